The van der Waals surface area contributed by atoms with E-state index in [0.29, 0.717) is 5.95 Å². The van der Waals surface area contributed by atoms with Crippen LogP contribution in [0.25, 0.3) is 0 Å². The maximum atomic E-state index is 12.9. The van der Waals surface area contributed by atoms with Crippen molar-refractivity contribution in [1.29, 1.82) is 0 Å². The van der Waals surface area contributed by atoms with Gasteiger partial charge in [-0.15, -0.1) is 11.6 Å². The third-order valence-electron chi connectivity index (χ3n) is 3.81. The van der Waals surface area contributed by atoms with Gasteiger partial charge >= 0.3 is 0 Å². The molecule has 1 N–H and O–H groups in total. The van der Waals surface area contributed by atoms with Gasteiger partial charge in [-0.1, -0.05) is 0 Å². The third-order valence-corrected chi connectivity index (χ3v) is 4.05. The molecule has 2 aromatic rings. The molecule has 1 fully saturated rings. The first-order chi connectivity index (χ1) is 11.7. The number of anilines is 3. The molecule has 1 aliphatic heterocycles. The molecule has 3 rings (SSSR count). The highest BCUT2D eigenvalue weighted by Gasteiger charge is 2.19. The zero-order valence-corrected chi connectivity index (χ0v) is 13.7. The summed E-state index contributed by atoms with van der Waals surface area (Å²) < 4.78 is 12.9. The first-order valence-electron chi connectivity index (χ1n) is 7.59. The van der Waals surface area contributed by atoms with Gasteiger partial charge in [-0.3, -0.25) is 4.79 Å². The zero-order valence-electron chi connectivity index (χ0n) is 13.0. The first kappa shape index (κ1) is 16.4. The van der Waals surface area contributed by atoms with Crippen LogP contribution in [0.3, 0.4) is 0 Å². The summed E-state index contributed by atoms with van der Waals surface area (Å²) in [5.41, 5.74) is 1.81. The number of nitrogens with one attached hydrogen (secondary N) is 1. The maximum Gasteiger partial charge on any atom is 0.239 e. The third kappa shape index (κ3) is 3.91. The second-order valence-electron chi connectivity index (χ2n) is 5.40. The number of carbonyl (C=O) groups excluding carboxylic acids is 1. The van der Waals surface area contributed by atoms with Gasteiger partial charge in [0.1, 0.15) is 5.88 Å². The molecule has 8 heteroatoms. The number of nitrogens with zero attached hydrogens (tertiary/aromatic N) is 4. The molecule has 24 heavy (non-hydrogen) atoms. The lowest BCUT2D eigenvalue weighted by molar-refractivity contribution is -0.113. The lowest BCUT2D eigenvalue weighted by Gasteiger charge is -2.36. The molecule has 1 saturated heterocycles. The van der Waals surface area contributed by atoms with E-state index in [-0.39, 0.29) is 11.8 Å². The maximum absolute atomic E-state index is 12.9. The van der Waals surface area contributed by atoms with E-state index in [4.69, 9.17) is 11.6 Å². The molecule has 126 valence electrons. The fraction of sp³-hybridized carbons (Fsp3) is 0.312. The van der Waals surface area contributed by atoms with Crippen molar-refractivity contribution in [3.63, 3.8) is 0 Å². The average Bonchev–Trinajstić information content (AvgIpc) is 2.63. The van der Waals surface area contributed by atoms with Crippen molar-refractivity contribution < 1.29 is 9.18 Å². The molecule has 0 saturated carbocycles. The Morgan fingerprint density at radius 3 is 2.25 bits per heavy atom. The van der Waals surface area contributed by atoms with Crippen molar-refractivity contribution in [1.82, 2.24) is 9.97 Å². The summed E-state index contributed by atoms with van der Waals surface area (Å²) >= 11 is 5.47. The molecule has 0 bridgehead atoms. The monoisotopic (exact) mass is 349 g/mol. The van der Waals surface area contributed by atoms with Crippen molar-refractivity contribution in [3.05, 3.63) is 42.5 Å². The number of benzene rings is 1. The molecule has 1 aromatic heterocycles. The summed E-state index contributed by atoms with van der Waals surface area (Å²) in [6, 6.07) is 7.65. The minimum Gasteiger partial charge on any atom is -0.368 e. The van der Waals surface area contributed by atoms with E-state index < -0.39 is 5.82 Å². The summed E-state index contributed by atoms with van der Waals surface area (Å²) in [5.74, 6) is -0.166. The van der Waals surface area contributed by atoms with Gasteiger partial charge in [0.2, 0.25) is 11.9 Å². The normalized spacial score (nSPS) is 14.6. The predicted octanol–water partition coefficient (Wildman–Crippen LogP) is 2.12. The Morgan fingerprint density at radius 2 is 1.67 bits per heavy atom. The van der Waals surface area contributed by atoms with Crippen molar-refractivity contribution in [2.24, 2.45) is 0 Å². The minimum atomic E-state index is -0.432. The highest BCUT2D eigenvalue weighted by Crippen LogP contribution is 2.20. The van der Waals surface area contributed by atoms with Crippen LogP contribution >= 0.6 is 11.6 Å². The van der Waals surface area contributed by atoms with Crippen LogP contribution in [0.5, 0.6) is 0 Å². The molecule has 0 aliphatic carbocycles. The van der Waals surface area contributed by atoms with Gasteiger partial charge in [0.15, 0.2) is 5.82 Å². The van der Waals surface area contributed by atoms with Crippen LogP contribution in [0.2, 0.25) is 0 Å². The van der Waals surface area contributed by atoms with Crippen LogP contribution < -0.4 is 15.1 Å². The van der Waals surface area contributed by atoms with Crippen LogP contribution in [-0.2, 0) is 4.79 Å². The topological polar surface area (TPSA) is 61.4 Å². The van der Waals surface area contributed by atoms with Crippen molar-refractivity contribution in [2.45, 2.75) is 0 Å². The van der Waals surface area contributed by atoms with E-state index in [1.807, 2.05) is 29.2 Å². The first-order valence-corrected chi connectivity index (χ1v) is 8.12. The lowest BCUT2D eigenvalue weighted by atomic mass is 10.2. The highest BCUT2D eigenvalue weighted by atomic mass is 35.5. The summed E-state index contributed by atoms with van der Waals surface area (Å²) in [4.78, 5) is 23.6. The Balaban J connectivity index is 1.58. The van der Waals surface area contributed by atoms with E-state index in [9.17, 15) is 9.18 Å². The summed E-state index contributed by atoms with van der Waals surface area (Å²) in [7, 11) is 0. The predicted molar refractivity (Wildman–Crippen MR) is 92.2 cm³/mol. The van der Waals surface area contributed by atoms with Crippen molar-refractivity contribution in [3.8, 4) is 0 Å². The number of alkyl halides is 1. The molecule has 1 aromatic carbocycles. The van der Waals surface area contributed by atoms with Gasteiger partial charge < -0.3 is 15.1 Å². The zero-order chi connectivity index (χ0) is 16.9. The Labute approximate surface area is 144 Å². The molecular weight excluding hydrogens is 333 g/mol. The number of hydrogen-bond acceptors (Lipinski definition) is 5. The molecule has 6 nitrogen and oxygen atoms in total. The lowest BCUT2D eigenvalue weighted by Crippen LogP contribution is -2.47. The number of aromatic nitrogens is 2. The summed E-state index contributed by atoms with van der Waals surface area (Å²) in [5, 5.41) is 2.71. The molecular formula is C16H17ClFN5O. The van der Waals surface area contributed by atoms with Gasteiger partial charge in [0.05, 0.1) is 12.4 Å². The van der Waals surface area contributed by atoms with Crippen LogP contribution in [0.1, 0.15) is 0 Å². The smallest absolute Gasteiger partial charge is 0.239 e. The fourth-order valence-corrected chi connectivity index (χ4v) is 2.65. The minimum absolute atomic E-state index is 0.0603. The number of rotatable bonds is 4. The highest BCUT2D eigenvalue weighted by molar-refractivity contribution is 6.29. The molecule has 0 unspecified atom stereocenters. The molecule has 0 spiro atoms. The van der Waals surface area contributed by atoms with Gasteiger partial charge in [-0.2, -0.15) is 0 Å². The number of hydrogen-bond donors (Lipinski definition) is 1. The number of piperazine rings is 1. The van der Waals surface area contributed by atoms with Crippen LogP contribution in [0, 0.1) is 5.82 Å². The second-order valence-corrected chi connectivity index (χ2v) is 5.67. The summed E-state index contributed by atoms with van der Waals surface area (Å²) in [6.45, 7) is 3.15. The van der Waals surface area contributed by atoms with Gasteiger partial charge in [0.25, 0.3) is 0 Å². The van der Waals surface area contributed by atoms with Gasteiger partial charge in [-0.05, 0) is 24.3 Å². The molecule has 2 heterocycles. The van der Waals surface area contributed by atoms with E-state index in [1.54, 1.807) is 0 Å². The van der Waals surface area contributed by atoms with Crippen LogP contribution in [0.15, 0.2) is 36.7 Å². The van der Waals surface area contributed by atoms with E-state index >= 15 is 0 Å². The summed E-state index contributed by atoms with van der Waals surface area (Å²) in [6.07, 6.45) is 2.37. The van der Waals surface area contributed by atoms with Crippen LogP contribution in [-0.4, -0.2) is 47.9 Å². The Kier molecular flexibility index (Phi) is 5.10. The van der Waals surface area contributed by atoms with E-state index in [1.165, 1.54) is 12.4 Å². The molecule has 1 aliphatic rings. The largest absolute Gasteiger partial charge is 0.368 e. The van der Waals surface area contributed by atoms with E-state index in [2.05, 4.69) is 20.2 Å². The van der Waals surface area contributed by atoms with Gasteiger partial charge in [0, 0.05) is 37.6 Å². The quantitative estimate of drug-likeness (QED) is 0.857. The van der Waals surface area contributed by atoms with E-state index in [0.717, 1.165) is 37.6 Å². The SMILES string of the molecule is O=C(CCl)Nc1ccc(N2CCN(c3ncc(F)cn3)CC2)cc1. The average molecular weight is 350 g/mol. The van der Waals surface area contributed by atoms with Gasteiger partial charge in [-0.25, -0.2) is 14.4 Å². The standard InChI is InChI=1S/C16H17ClFN5O/c17-9-15(24)21-13-1-3-14(4-2-13)22-5-7-23(8-6-22)16-19-10-12(18)11-20-16/h1-4,10-11H,5-9H2,(H,21,24). The Morgan fingerprint density at radius 1 is 1.08 bits per heavy atom. The fourth-order valence-electron chi connectivity index (χ4n) is 2.58. The molecule has 0 radical (unpaired) electrons. The Hall–Kier alpha value is -2.41. The second kappa shape index (κ2) is 7.44. The number of halogens is 2. The van der Waals surface area contributed by atoms with Crippen LogP contribution in [0.4, 0.5) is 21.7 Å². The number of amides is 1. The molecule has 1 amide bonds. The molecule has 0 atom stereocenters. The van der Waals surface area contributed by atoms with Crippen molar-refractivity contribution in [2.75, 3.05) is 47.2 Å². The van der Waals surface area contributed by atoms with Crippen molar-refractivity contribution >= 4 is 34.8 Å². The Bertz CT molecular complexity index is 687. The number of carbonyl (C=O) groups is 1.